The van der Waals surface area contributed by atoms with E-state index in [0.29, 0.717) is 0 Å². The molecule has 6 nitrogen and oxygen atoms in total. The van der Waals surface area contributed by atoms with Crippen molar-refractivity contribution in [3.05, 3.63) is 11.3 Å². The lowest BCUT2D eigenvalue weighted by atomic mass is 10.0. The van der Waals surface area contributed by atoms with Gasteiger partial charge in [0.05, 0.1) is 0 Å². The molecule has 2 amide bonds. The Hall–Kier alpha value is -1.63. The lowest BCUT2D eigenvalue weighted by Gasteiger charge is -2.49. The van der Waals surface area contributed by atoms with Crippen molar-refractivity contribution in [1.82, 2.24) is 10.2 Å². The summed E-state index contributed by atoms with van der Waals surface area (Å²) in [5.74, 6) is -0.278. The van der Waals surface area contributed by atoms with Crippen molar-refractivity contribution in [1.29, 1.82) is 0 Å². The number of hydrogen-bond donors (Lipinski definition) is 1. The highest BCUT2D eigenvalue weighted by Crippen LogP contribution is 2.39. The number of carbonyl (C=O) groups is 3. The lowest BCUT2D eigenvalue weighted by Crippen LogP contribution is -2.70. The third-order valence-corrected chi connectivity index (χ3v) is 4.98. The first-order valence-corrected chi connectivity index (χ1v) is 7.33. The second kappa shape index (κ2) is 5.40. The summed E-state index contributed by atoms with van der Waals surface area (Å²) in [7, 11) is 1.39. The second-order valence-electron chi connectivity index (χ2n) is 4.86. The van der Waals surface area contributed by atoms with E-state index in [2.05, 4.69) is 10.3 Å². The fourth-order valence-corrected chi connectivity index (χ4v) is 3.69. The quantitative estimate of drug-likeness (QED) is 0.462. The van der Waals surface area contributed by atoms with Gasteiger partial charge >= 0.3 is 0 Å². The van der Waals surface area contributed by atoms with Crippen LogP contribution in [0.2, 0.25) is 0 Å². The zero-order chi connectivity index (χ0) is 15.0. The van der Waals surface area contributed by atoms with E-state index in [1.165, 1.54) is 19.5 Å². The molecule has 0 bridgehead atoms. The molecule has 1 saturated heterocycles. The Bertz CT molecular complexity index is 553. The van der Waals surface area contributed by atoms with Crippen molar-refractivity contribution in [3.63, 3.8) is 0 Å². The average molecular weight is 295 g/mol. The summed E-state index contributed by atoms with van der Waals surface area (Å²) in [6, 6.07) is -0.577. The Balaban J connectivity index is 2.09. The summed E-state index contributed by atoms with van der Waals surface area (Å²) in [6.45, 7) is 5.18. The molecule has 108 valence electrons. The molecule has 2 rings (SSSR count). The van der Waals surface area contributed by atoms with Crippen LogP contribution >= 0.6 is 11.8 Å². The van der Waals surface area contributed by atoms with Crippen LogP contribution in [0.3, 0.4) is 0 Å². The summed E-state index contributed by atoms with van der Waals surface area (Å²) >= 11 is 1.61. The van der Waals surface area contributed by atoms with Gasteiger partial charge in [0.1, 0.15) is 11.4 Å². The SMILES string of the molecule is CN=C(C(C)=O)C(=O)NC1C(=O)N2C(C)=C(C)CSC12. The van der Waals surface area contributed by atoms with Gasteiger partial charge in [0.25, 0.3) is 11.8 Å². The molecule has 0 aliphatic carbocycles. The minimum absolute atomic E-state index is 0.0831. The molecule has 0 aromatic carbocycles. The fraction of sp³-hybridized carbons (Fsp3) is 0.538. The highest BCUT2D eigenvalue weighted by atomic mass is 32.2. The van der Waals surface area contributed by atoms with Crippen molar-refractivity contribution in [2.45, 2.75) is 32.2 Å². The molecule has 2 atom stereocenters. The van der Waals surface area contributed by atoms with E-state index in [9.17, 15) is 14.4 Å². The molecule has 2 aliphatic rings. The highest BCUT2D eigenvalue weighted by molar-refractivity contribution is 8.00. The van der Waals surface area contributed by atoms with Crippen LogP contribution in [-0.4, -0.2) is 52.4 Å². The second-order valence-corrected chi connectivity index (χ2v) is 5.96. The Morgan fingerprint density at radius 1 is 1.40 bits per heavy atom. The predicted molar refractivity (Wildman–Crippen MR) is 77.4 cm³/mol. The third kappa shape index (κ3) is 2.26. The van der Waals surface area contributed by atoms with Gasteiger partial charge in [0.15, 0.2) is 11.5 Å². The summed E-state index contributed by atoms with van der Waals surface area (Å²) in [5.41, 5.74) is 1.98. The van der Waals surface area contributed by atoms with Crippen LogP contribution in [0.4, 0.5) is 0 Å². The van der Waals surface area contributed by atoms with Gasteiger partial charge < -0.3 is 5.32 Å². The van der Waals surface area contributed by atoms with E-state index in [1.54, 1.807) is 16.7 Å². The van der Waals surface area contributed by atoms with Gasteiger partial charge in [-0.1, -0.05) is 0 Å². The molecule has 7 heteroatoms. The zero-order valence-electron chi connectivity index (χ0n) is 11.9. The number of Topliss-reactive ketones (excluding diaryl/α,β-unsaturated/α-hetero) is 1. The van der Waals surface area contributed by atoms with E-state index in [-0.39, 0.29) is 17.0 Å². The normalized spacial score (nSPS) is 26.1. The molecular formula is C13H17N3O3S. The number of ketones is 1. The number of aliphatic imine (C=N–C) groups is 1. The smallest absolute Gasteiger partial charge is 0.273 e. The monoisotopic (exact) mass is 295 g/mol. The molecule has 20 heavy (non-hydrogen) atoms. The highest BCUT2D eigenvalue weighted by Gasteiger charge is 2.51. The molecule has 0 aromatic rings. The zero-order valence-corrected chi connectivity index (χ0v) is 12.7. The van der Waals surface area contributed by atoms with Crippen LogP contribution in [0.25, 0.3) is 0 Å². The van der Waals surface area contributed by atoms with Gasteiger partial charge in [-0.2, -0.15) is 0 Å². The number of carbonyl (C=O) groups excluding carboxylic acids is 3. The van der Waals surface area contributed by atoms with Gasteiger partial charge in [0, 0.05) is 25.4 Å². The molecule has 2 aliphatic heterocycles. The predicted octanol–water partition coefficient (Wildman–Crippen LogP) is 0.340. The number of thioether (sulfide) groups is 1. The first-order valence-electron chi connectivity index (χ1n) is 6.28. The molecule has 1 fully saturated rings. The standard InChI is InChI=1S/C13H17N3O3S/c1-6-5-20-13-10(12(19)16(13)7(6)2)15-11(18)9(14-4)8(3)17/h10,13H,5H2,1-4H3,(H,15,18). The number of amides is 2. The minimum atomic E-state index is -0.581. The van der Waals surface area contributed by atoms with Crippen molar-refractivity contribution in [3.8, 4) is 0 Å². The van der Waals surface area contributed by atoms with Crippen molar-refractivity contribution in [2.24, 2.45) is 4.99 Å². The number of β-lactam (4-membered cyclic amide) rings is 1. The number of rotatable bonds is 3. The molecule has 0 aromatic heterocycles. The van der Waals surface area contributed by atoms with E-state index >= 15 is 0 Å². The topological polar surface area (TPSA) is 78.8 Å². The number of nitrogens with zero attached hydrogens (tertiary/aromatic N) is 2. The third-order valence-electron chi connectivity index (χ3n) is 3.55. The Morgan fingerprint density at radius 3 is 2.60 bits per heavy atom. The fourth-order valence-electron chi connectivity index (χ4n) is 2.27. The maximum atomic E-state index is 12.1. The van der Waals surface area contributed by atoms with E-state index < -0.39 is 17.7 Å². The average Bonchev–Trinajstić information content (AvgIpc) is 2.39. The maximum absolute atomic E-state index is 12.1. The van der Waals surface area contributed by atoms with Gasteiger partial charge in [-0.05, 0) is 19.4 Å². The Kier molecular flexibility index (Phi) is 3.99. The summed E-state index contributed by atoms with van der Waals surface area (Å²) in [5, 5.41) is 2.52. The van der Waals surface area contributed by atoms with Crippen molar-refractivity contribution >= 4 is 35.1 Å². The largest absolute Gasteiger partial charge is 0.336 e. The summed E-state index contributed by atoms with van der Waals surface area (Å²) in [4.78, 5) is 40.7. The number of hydrogen-bond acceptors (Lipinski definition) is 5. The van der Waals surface area contributed by atoms with Gasteiger partial charge in [-0.15, -0.1) is 11.8 Å². The van der Waals surface area contributed by atoms with E-state index in [1.807, 2.05) is 13.8 Å². The van der Waals surface area contributed by atoms with Gasteiger partial charge in [-0.3, -0.25) is 24.3 Å². The molecule has 2 heterocycles. The lowest BCUT2D eigenvalue weighted by molar-refractivity contribution is -0.145. The molecule has 0 spiro atoms. The Labute approximate surface area is 121 Å². The molecular weight excluding hydrogens is 278 g/mol. The summed E-state index contributed by atoms with van der Waals surface area (Å²) in [6.07, 6.45) is 0. The minimum Gasteiger partial charge on any atom is -0.336 e. The van der Waals surface area contributed by atoms with Crippen LogP contribution < -0.4 is 5.32 Å². The van der Waals surface area contributed by atoms with E-state index in [4.69, 9.17) is 0 Å². The number of fused-ring (bicyclic) bond motifs is 1. The maximum Gasteiger partial charge on any atom is 0.273 e. The van der Waals surface area contributed by atoms with Crippen molar-refractivity contribution in [2.75, 3.05) is 12.8 Å². The van der Waals surface area contributed by atoms with E-state index in [0.717, 1.165) is 11.4 Å². The van der Waals surface area contributed by atoms with Crippen LogP contribution in [0.5, 0.6) is 0 Å². The first kappa shape index (κ1) is 14.8. The van der Waals surface area contributed by atoms with Gasteiger partial charge in [-0.25, -0.2) is 0 Å². The first-order chi connectivity index (χ1) is 9.38. The van der Waals surface area contributed by atoms with Crippen LogP contribution in [0, 0.1) is 0 Å². The van der Waals surface area contributed by atoms with Gasteiger partial charge in [0.2, 0.25) is 0 Å². The molecule has 0 radical (unpaired) electrons. The molecule has 0 saturated carbocycles. The van der Waals surface area contributed by atoms with Crippen LogP contribution in [0.1, 0.15) is 20.8 Å². The van der Waals surface area contributed by atoms with Crippen LogP contribution in [-0.2, 0) is 14.4 Å². The number of nitrogens with one attached hydrogen (secondary N) is 1. The van der Waals surface area contributed by atoms with Crippen molar-refractivity contribution < 1.29 is 14.4 Å². The van der Waals surface area contributed by atoms with Crippen LogP contribution in [0.15, 0.2) is 16.3 Å². The summed E-state index contributed by atoms with van der Waals surface area (Å²) < 4.78 is 0. The molecule has 1 N–H and O–H groups in total. The Morgan fingerprint density at radius 2 is 2.05 bits per heavy atom. The number of allylic oxidation sites excluding steroid dienone is 1. The molecule has 2 unspecified atom stereocenters.